The van der Waals surface area contributed by atoms with Crippen molar-refractivity contribution < 1.29 is 0 Å². The van der Waals surface area contributed by atoms with Gasteiger partial charge in [-0.1, -0.05) is 109 Å². The SMILES string of the molecule is N#Cc1ccc(N(c2ccccc2)c2c3ccccc3c(-c3cccc4ccccc34)c3ccccc23)nc1. The highest BCUT2D eigenvalue weighted by Gasteiger charge is 2.23. The molecule has 7 rings (SSSR count). The molecule has 6 aromatic carbocycles. The molecule has 39 heavy (non-hydrogen) atoms. The van der Waals surface area contributed by atoms with Crippen LogP contribution in [0.2, 0.25) is 0 Å². The third kappa shape index (κ3) is 3.79. The molecule has 0 aliphatic carbocycles. The van der Waals surface area contributed by atoms with Crippen molar-refractivity contribution in [3.63, 3.8) is 0 Å². The fourth-order valence-electron chi connectivity index (χ4n) is 5.62. The molecule has 0 unspecified atom stereocenters. The van der Waals surface area contributed by atoms with Crippen molar-refractivity contribution in [1.82, 2.24) is 4.98 Å². The molecule has 0 saturated carbocycles. The Balaban J connectivity index is 1.63. The Morgan fingerprint density at radius 1 is 0.538 bits per heavy atom. The lowest BCUT2D eigenvalue weighted by atomic mass is 9.88. The fourth-order valence-corrected chi connectivity index (χ4v) is 5.62. The van der Waals surface area contributed by atoms with E-state index in [0.29, 0.717) is 5.56 Å². The topological polar surface area (TPSA) is 39.9 Å². The monoisotopic (exact) mass is 497 g/mol. The number of nitrogens with zero attached hydrogens (tertiary/aromatic N) is 3. The van der Waals surface area contributed by atoms with Gasteiger partial charge < -0.3 is 0 Å². The molecular weight excluding hydrogens is 474 g/mol. The molecule has 3 nitrogen and oxygen atoms in total. The predicted octanol–water partition coefficient (Wildman–Crippen LogP) is 9.55. The summed E-state index contributed by atoms with van der Waals surface area (Å²) in [5.41, 5.74) is 5.04. The summed E-state index contributed by atoms with van der Waals surface area (Å²) in [6.07, 6.45) is 1.64. The molecule has 0 bridgehead atoms. The van der Waals surface area contributed by atoms with Crippen LogP contribution in [-0.4, -0.2) is 4.98 Å². The highest BCUT2D eigenvalue weighted by molar-refractivity contribution is 6.24. The molecule has 0 spiro atoms. The molecule has 7 aromatic rings. The third-order valence-electron chi connectivity index (χ3n) is 7.31. The van der Waals surface area contributed by atoms with Gasteiger partial charge in [0.1, 0.15) is 11.9 Å². The van der Waals surface area contributed by atoms with Crippen LogP contribution < -0.4 is 4.90 Å². The summed E-state index contributed by atoms with van der Waals surface area (Å²) in [6.45, 7) is 0. The lowest BCUT2D eigenvalue weighted by Crippen LogP contribution is -2.13. The third-order valence-corrected chi connectivity index (χ3v) is 7.31. The highest BCUT2D eigenvalue weighted by Crippen LogP contribution is 2.48. The van der Waals surface area contributed by atoms with Gasteiger partial charge in [-0.3, -0.25) is 4.90 Å². The minimum absolute atomic E-state index is 0.535. The van der Waals surface area contributed by atoms with Crippen molar-refractivity contribution in [3.05, 3.63) is 145 Å². The van der Waals surface area contributed by atoms with Crippen LogP contribution in [0, 0.1) is 11.3 Å². The van der Waals surface area contributed by atoms with E-state index < -0.39 is 0 Å². The van der Waals surface area contributed by atoms with Crippen molar-refractivity contribution in [3.8, 4) is 17.2 Å². The number of para-hydroxylation sites is 1. The first kappa shape index (κ1) is 22.7. The molecule has 0 amide bonds. The first-order valence-corrected chi connectivity index (χ1v) is 13.0. The van der Waals surface area contributed by atoms with Gasteiger partial charge in [-0.05, 0) is 56.9 Å². The second-order valence-corrected chi connectivity index (χ2v) is 9.53. The zero-order valence-electron chi connectivity index (χ0n) is 21.1. The lowest BCUT2D eigenvalue weighted by molar-refractivity contribution is 1.18. The Labute approximate surface area is 226 Å². The lowest BCUT2D eigenvalue weighted by Gasteiger charge is -2.28. The Morgan fingerprint density at radius 3 is 1.77 bits per heavy atom. The summed E-state index contributed by atoms with van der Waals surface area (Å²) in [4.78, 5) is 6.95. The molecule has 182 valence electrons. The maximum Gasteiger partial charge on any atom is 0.137 e. The molecule has 0 radical (unpaired) electrons. The average molecular weight is 498 g/mol. The molecule has 1 aromatic heterocycles. The second kappa shape index (κ2) is 9.45. The molecule has 0 aliphatic rings. The summed E-state index contributed by atoms with van der Waals surface area (Å²) in [7, 11) is 0. The molecule has 3 heteroatoms. The molecule has 0 saturated heterocycles. The van der Waals surface area contributed by atoms with E-state index in [9.17, 15) is 5.26 Å². The Bertz CT molecular complexity index is 1960. The summed E-state index contributed by atoms with van der Waals surface area (Å²) in [6, 6.07) is 48.6. The first-order valence-electron chi connectivity index (χ1n) is 13.0. The maximum absolute atomic E-state index is 9.39. The van der Waals surface area contributed by atoms with Crippen molar-refractivity contribution in [2.45, 2.75) is 0 Å². The number of pyridine rings is 1. The smallest absolute Gasteiger partial charge is 0.137 e. The minimum Gasteiger partial charge on any atom is -0.294 e. The molecule has 1 heterocycles. The van der Waals surface area contributed by atoms with Crippen molar-refractivity contribution in [2.24, 2.45) is 0 Å². The second-order valence-electron chi connectivity index (χ2n) is 9.53. The van der Waals surface area contributed by atoms with Gasteiger partial charge >= 0.3 is 0 Å². The van der Waals surface area contributed by atoms with Gasteiger partial charge in [0.25, 0.3) is 0 Å². The predicted molar refractivity (Wildman–Crippen MR) is 162 cm³/mol. The van der Waals surface area contributed by atoms with Crippen LogP contribution in [0.3, 0.4) is 0 Å². The van der Waals surface area contributed by atoms with Gasteiger partial charge in [0, 0.05) is 22.7 Å². The van der Waals surface area contributed by atoms with Crippen LogP contribution in [0.1, 0.15) is 5.56 Å². The van der Waals surface area contributed by atoms with Crippen LogP contribution in [0.15, 0.2) is 140 Å². The Hall–Kier alpha value is -5.46. The molecular formula is C36H23N3. The largest absolute Gasteiger partial charge is 0.294 e. The van der Waals surface area contributed by atoms with Gasteiger partial charge in [-0.2, -0.15) is 5.26 Å². The molecule has 0 fully saturated rings. The van der Waals surface area contributed by atoms with Crippen LogP contribution in [0.4, 0.5) is 17.2 Å². The van der Waals surface area contributed by atoms with Gasteiger partial charge in [-0.25, -0.2) is 4.98 Å². The van der Waals surface area contributed by atoms with E-state index in [-0.39, 0.29) is 0 Å². The van der Waals surface area contributed by atoms with Crippen LogP contribution in [0.25, 0.3) is 43.4 Å². The quantitative estimate of drug-likeness (QED) is 0.227. The zero-order valence-corrected chi connectivity index (χ0v) is 21.1. The van der Waals surface area contributed by atoms with E-state index in [4.69, 9.17) is 4.98 Å². The number of benzene rings is 6. The summed E-state index contributed by atoms with van der Waals surface area (Å²) in [5.74, 6) is 0.758. The van der Waals surface area contributed by atoms with Gasteiger partial charge in [0.15, 0.2) is 0 Å². The van der Waals surface area contributed by atoms with Crippen LogP contribution >= 0.6 is 0 Å². The number of aromatic nitrogens is 1. The minimum atomic E-state index is 0.535. The van der Waals surface area contributed by atoms with E-state index in [0.717, 1.165) is 28.0 Å². The van der Waals surface area contributed by atoms with Crippen molar-refractivity contribution in [2.75, 3.05) is 4.90 Å². The number of hydrogen-bond donors (Lipinski definition) is 0. The number of fused-ring (bicyclic) bond motifs is 3. The van der Waals surface area contributed by atoms with Gasteiger partial charge in [0.2, 0.25) is 0 Å². The van der Waals surface area contributed by atoms with Crippen LogP contribution in [-0.2, 0) is 0 Å². The molecule has 0 atom stereocenters. The standard InChI is InChI=1S/C36H23N3/c37-23-25-21-22-34(38-24-25)39(27-13-2-1-3-14-27)36-32-18-8-6-16-30(32)35(31-17-7-9-19-33(31)36)29-20-10-12-26-11-4-5-15-28(26)29/h1-22,24H. The fraction of sp³-hybridized carbons (Fsp3) is 0. The normalized spacial score (nSPS) is 11.1. The number of hydrogen-bond acceptors (Lipinski definition) is 3. The van der Waals surface area contributed by atoms with Crippen molar-refractivity contribution >= 4 is 49.5 Å². The van der Waals surface area contributed by atoms with E-state index in [1.54, 1.807) is 6.20 Å². The maximum atomic E-state index is 9.39. The molecule has 0 N–H and O–H groups in total. The van der Waals surface area contributed by atoms with Gasteiger partial charge in [-0.15, -0.1) is 0 Å². The Kier molecular flexibility index (Phi) is 5.50. The van der Waals surface area contributed by atoms with Gasteiger partial charge in [0.05, 0.1) is 11.3 Å². The van der Waals surface area contributed by atoms with E-state index in [1.165, 1.54) is 32.7 Å². The van der Waals surface area contributed by atoms with E-state index in [2.05, 4.69) is 114 Å². The van der Waals surface area contributed by atoms with E-state index >= 15 is 0 Å². The zero-order chi connectivity index (χ0) is 26.2. The summed E-state index contributed by atoms with van der Waals surface area (Å²) < 4.78 is 0. The first-order chi connectivity index (χ1) is 19.3. The number of rotatable bonds is 4. The molecule has 0 aliphatic heterocycles. The Morgan fingerprint density at radius 2 is 1.13 bits per heavy atom. The number of anilines is 3. The van der Waals surface area contributed by atoms with Crippen LogP contribution in [0.5, 0.6) is 0 Å². The number of nitriles is 1. The average Bonchev–Trinajstić information content (AvgIpc) is 3.01. The summed E-state index contributed by atoms with van der Waals surface area (Å²) >= 11 is 0. The van der Waals surface area contributed by atoms with E-state index in [1.807, 2.05) is 30.3 Å². The van der Waals surface area contributed by atoms with Crippen molar-refractivity contribution in [1.29, 1.82) is 5.26 Å². The highest BCUT2D eigenvalue weighted by atomic mass is 15.2. The summed E-state index contributed by atoms with van der Waals surface area (Å²) in [5, 5.41) is 16.5.